The summed E-state index contributed by atoms with van der Waals surface area (Å²) < 4.78 is 33.0. The third-order valence-corrected chi connectivity index (χ3v) is 7.58. The molecule has 0 spiro atoms. The maximum Gasteiger partial charge on any atom is 0.253 e. The quantitative estimate of drug-likeness (QED) is 0.727. The van der Waals surface area contributed by atoms with Crippen molar-refractivity contribution in [1.82, 2.24) is 9.21 Å². The van der Waals surface area contributed by atoms with E-state index in [1.165, 1.54) is 16.4 Å². The predicted molar refractivity (Wildman–Crippen MR) is 112 cm³/mol. The van der Waals surface area contributed by atoms with Gasteiger partial charge in [-0.15, -0.1) is 0 Å². The van der Waals surface area contributed by atoms with Gasteiger partial charge in [0.05, 0.1) is 17.1 Å². The lowest BCUT2D eigenvalue weighted by Gasteiger charge is -2.34. The van der Waals surface area contributed by atoms with Gasteiger partial charge in [0.15, 0.2) is 0 Å². The van der Waals surface area contributed by atoms with Gasteiger partial charge in [0.1, 0.15) is 0 Å². The number of piperidine rings is 1. The van der Waals surface area contributed by atoms with E-state index in [0.29, 0.717) is 44.6 Å². The molecule has 2 amide bonds. The van der Waals surface area contributed by atoms with Gasteiger partial charge < -0.3 is 15.4 Å². The van der Waals surface area contributed by atoms with Crippen molar-refractivity contribution in [2.24, 2.45) is 11.7 Å². The molecule has 0 saturated carbocycles. The van der Waals surface area contributed by atoms with E-state index in [0.717, 1.165) is 12.8 Å². The number of carbonyl (C=O) groups is 2. The zero-order chi connectivity index (χ0) is 21.9. The first kappa shape index (κ1) is 22.7. The molecule has 0 aliphatic carbocycles. The Morgan fingerprint density at radius 2 is 1.73 bits per heavy atom. The molecule has 1 aromatic carbocycles. The van der Waals surface area contributed by atoms with Crippen LogP contribution in [0.3, 0.4) is 0 Å². The van der Waals surface area contributed by atoms with Crippen molar-refractivity contribution in [1.29, 1.82) is 0 Å². The maximum atomic E-state index is 13.0. The fourth-order valence-corrected chi connectivity index (χ4v) is 5.85. The largest absolute Gasteiger partial charge is 0.373 e. The molecule has 2 heterocycles. The molecule has 0 bridgehead atoms. The first-order valence-electron chi connectivity index (χ1n) is 10.5. The van der Waals surface area contributed by atoms with Gasteiger partial charge in [0.2, 0.25) is 15.9 Å². The van der Waals surface area contributed by atoms with Crippen LogP contribution in [-0.4, -0.2) is 67.8 Å². The van der Waals surface area contributed by atoms with Gasteiger partial charge in [-0.2, -0.15) is 4.31 Å². The Morgan fingerprint density at radius 1 is 1.10 bits per heavy atom. The molecule has 0 aromatic heterocycles. The molecule has 2 aliphatic rings. The maximum absolute atomic E-state index is 13.0. The zero-order valence-electron chi connectivity index (χ0n) is 17.6. The fourth-order valence-electron chi connectivity index (χ4n) is 4.26. The average molecular weight is 438 g/mol. The highest BCUT2D eigenvalue weighted by molar-refractivity contribution is 7.89. The topological polar surface area (TPSA) is 110 Å². The van der Waals surface area contributed by atoms with Crippen LogP contribution >= 0.6 is 0 Å². The summed E-state index contributed by atoms with van der Waals surface area (Å²) in [5, 5.41) is 0. The minimum Gasteiger partial charge on any atom is -0.373 e. The van der Waals surface area contributed by atoms with Crippen molar-refractivity contribution >= 4 is 21.8 Å². The highest BCUT2D eigenvalue weighted by Gasteiger charge is 2.32. The van der Waals surface area contributed by atoms with Crippen LogP contribution in [-0.2, 0) is 19.6 Å². The first-order chi connectivity index (χ1) is 14.2. The number of sulfonamides is 1. The summed E-state index contributed by atoms with van der Waals surface area (Å²) in [5.41, 5.74) is 5.70. The zero-order valence-corrected chi connectivity index (χ0v) is 18.4. The van der Waals surface area contributed by atoms with Crippen LogP contribution in [0, 0.1) is 5.92 Å². The molecule has 2 saturated heterocycles. The summed E-state index contributed by atoms with van der Waals surface area (Å²) >= 11 is 0. The lowest BCUT2D eigenvalue weighted by atomic mass is 9.93. The number of hydrogen-bond acceptors (Lipinski definition) is 5. The molecule has 3 atom stereocenters. The van der Waals surface area contributed by atoms with Crippen LogP contribution in [0.5, 0.6) is 0 Å². The predicted octanol–water partition coefficient (Wildman–Crippen LogP) is 1.60. The van der Waals surface area contributed by atoms with Gasteiger partial charge in [-0.25, -0.2) is 8.42 Å². The Morgan fingerprint density at radius 3 is 2.33 bits per heavy atom. The van der Waals surface area contributed by atoms with Gasteiger partial charge in [-0.05, 0) is 63.3 Å². The van der Waals surface area contributed by atoms with E-state index < -0.39 is 10.0 Å². The van der Waals surface area contributed by atoms with Crippen molar-refractivity contribution in [2.45, 2.75) is 56.6 Å². The molecule has 2 N–H and O–H groups in total. The van der Waals surface area contributed by atoms with Gasteiger partial charge in [0, 0.05) is 38.2 Å². The Bertz CT molecular complexity index is 861. The summed E-state index contributed by atoms with van der Waals surface area (Å²) in [6.45, 7) is 5.59. The number of rotatable bonds is 6. The van der Waals surface area contributed by atoms with Gasteiger partial charge in [-0.1, -0.05) is 0 Å². The number of nitrogens with zero attached hydrogens (tertiary/aromatic N) is 2. The minimum atomic E-state index is -3.63. The van der Waals surface area contributed by atoms with E-state index in [1.807, 2.05) is 13.8 Å². The summed E-state index contributed by atoms with van der Waals surface area (Å²) in [7, 11) is -3.63. The van der Waals surface area contributed by atoms with Crippen LogP contribution < -0.4 is 5.73 Å². The van der Waals surface area contributed by atoms with Gasteiger partial charge in [0.25, 0.3) is 5.91 Å². The average Bonchev–Trinajstić information content (AvgIpc) is 2.71. The van der Waals surface area contributed by atoms with Crippen molar-refractivity contribution in [3.8, 4) is 0 Å². The van der Waals surface area contributed by atoms with Crippen LogP contribution in [0.25, 0.3) is 0 Å². The highest BCUT2D eigenvalue weighted by Crippen LogP contribution is 2.24. The molecule has 166 valence electrons. The lowest BCUT2D eigenvalue weighted by Crippen LogP contribution is -2.48. The second-order valence-electron chi connectivity index (χ2n) is 8.37. The number of amides is 2. The molecular formula is C21H31N3O5S. The van der Waals surface area contributed by atoms with Crippen LogP contribution in [0.4, 0.5) is 0 Å². The van der Waals surface area contributed by atoms with E-state index in [1.54, 1.807) is 17.0 Å². The van der Waals surface area contributed by atoms with E-state index >= 15 is 0 Å². The van der Waals surface area contributed by atoms with Crippen molar-refractivity contribution in [3.63, 3.8) is 0 Å². The Balaban J connectivity index is 1.67. The number of hydrogen-bond donors (Lipinski definition) is 1. The monoisotopic (exact) mass is 437 g/mol. The Labute approximate surface area is 178 Å². The third kappa shape index (κ3) is 5.39. The van der Waals surface area contributed by atoms with E-state index in [-0.39, 0.29) is 34.8 Å². The van der Waals surface area contributed by atoms with Crippen LogP contribution in [0.15, 0.2) is 29.2 Å². The molecule has 0 radical (unpaired) electrons. The standard InChI is InChI=1S/C21H31N3O5S/c1-15-12-24(13-16(2)29-15)30(27,28)19-8-6-18(7-9-19)21(26)23-11-3-4-17(14-23)5-10-20(22)25/h6-9,15-17H,3-5,10-14H2,1-2H3,(H2,22,25). The first-order valence-corrected chi connectivity index (χ1v) is 11.9. The molecular weight excluding hydrogens is 406 g/mol. The molecule has 9 heteroatoms. The number of likely N-dealkylation sites (tertiary alicyclic amines) is 1. The number of morpholine rings is 1. The Hall–Kier alpha value is -1.97. The minimum absolute atomic E-state index is 0.115. The van der Waals surface area contributed by atoms with E-state index in [2.05, 4.69) is 0 Å². The van der Waals surface area contributed by atoms with E-state index in [4.69, 9.17) is 10.5 Å². The molecule has 30 heavy (non-hydrogen) atoms. The Kier molecular flexibility index (Phi) is 7.15. The van der Waals surface area contributed by atoms with Crippen LogP contribution in [0.2, 0.25) is 0 Å². The van der Waals surface area contributed by atoms with Gasteiger partial charge >= 0.3 is 0 Å². The summed E-state index contributed by atoms with van der Waals surface area (Å²) in [4.78, 5) is 25.9. The molecule has 1 aromatic rings. The molecule has 2 fully saturated rings. The summed E-state index contributed by atoms with van der Waals surface area (Å²) in [5.74, 6) is -0.171. The second-order valence-corrected chi connectivity index (χ2v) is 10.3. The molecule has 8 nitrogen and oxygen atoms in total. The highest BCUT2D eigenvalue weighted by atomic mass is 32.2. The summed E-state index contributed by atoms with van der Waals surface area (Å²) in [6.07, 6.45) is 2.56. The normalized spacial score (nSPS) is 25.8. The number of benzene rings is 1. The summed E-state index contributed by atoms with van der Waals surface area (Å²) in [6, 6.07) is 6.16. The molecule has 2 aliphatic heterocycles. The lowest BCUT2D eigenvalue weighted by molar-refractivity contribution is -0.118. The van der Waals surface area contributed by atoms with Crippen molar-refractivity contribution < 1.29 is 22.7 Å². The fraction of sp³-hybridized carbons (Fsp3) is 0.619. The van der Waals surface area contributed by atoms with Crippen molar-refractivity contribution in [3.05, 3.63) is 29.8 Å². The number of carbonyl (C=O) groups excluding carboxylic acids is 2. The second kappa shape index (κ2) is 9.45. The van der Waals surface area contributed by atoms with Crippen LogP contribution in [0.1, 0.15) is 49.9 Å². The number of primary amides is 1. The third-order valence-electron chi connectivity index (χ3n) is 5.73. The van der Waals surface area contributed by atoms with E-state index in [9.17, 15) is 18.0 Å². The number of nitrogens with two attached hydrogens (primary N) is 1. The smallest absolute Gasteiger partial charge is 0.253 e. The number of ether oxygens (including phenoxy) is 1. The SMILES string of the molecule is CC1CN(S(=O)(=O)c2ccc(C(=O)N3CCCC(CCC(N)=O)C3)cc2)CC(C)O1. The van der Waals surface area contributed by atoms with Crippen molar-refractivity contribution in [2.75, 3.05) is 26.2 Å². The molecule has 3 unspecified atom stereocenters. The molecule has 3 rings (SSSR count). The van der Waals surface area contributed by atoms with Gasteiger partial charge in [-0.3, -0.25) is 9.59 Å².